The molecule has 0 amide bonds. The molecule has 0 fully saturated rings. The van der Waals surface area contributed by atoms with Crippen molar-refractivity contribution >= 4 is 23.3 Å². The zero-order valence-electron chi connectivity index (χ0n) is 4.22. The Bertz CT molecular complexity index is 109. The molecule has 0 atom stereocenters. The van der Waals surface area contributed by atoms with E-state index in [4.69, 9.17) is 16.9 Å². The van der Waals surface area contributed by atoms with Crippen molar-refractivity contribution in [2.45, 2.75) is 0 Å². The van der Waals surface area contributed by atoms with Crippen LogP contribution in [0.15, 0.2) is 0 Å². The Morgan fingerprint density at radius 3 is 2.00 bits per heavy atom. The van der Waals surface area contributed by atoms with E-state index in [9.17, 15) is 0 Å². The molecule has 0 heterocycles. The van der Waals surface area contributed by atoms with Crippen molar-refractivity contribution in [1.82, 2.24) is 3.64 Å². The van der Waals surface area contributed by atoms with Gasteiger partial charge >= 0.3 is 62.3 Å². The molecule has 0 aromatic carbocycles. The molecule has 41 valence electrons. The first-order valence-electron chi connectivity index (χ1n) is 1.79. The van der Waals surface area contributed by atoms with Gasteiger partial charge in [0.15, 0.2) is 0 Å². The summed E-state index contributed by atoms with van der Waals surface area (Å²) < 4.78 is 1.33. The van der Waals surface area contributed by atoms with Gasteiger partial charge in [0, 0.05) is 0 Å². The van der Waals surface area contributed by atoms with Gasteiger partial charge in [-0.1, -0.05) is 0 Å². The summed E-state index contributed by atoms with van der Waals surface area (Å²) in [4.78, 5) is 0. The molecule has 0 rings (SSSR count). The van der Waals surface area contributed by atoms with E-state index in [1.165, 1.54) is 3.64 Å². The molecule has 0 aliphatic rings. The summed E-state index contributed by atoms with van der Waals surface area (Å²) >= 11 is 5.18. The fraction of sp³-hybridized carbons (Fsp3) is 0. The monoisotopic (exact) mass is 181 g/mol. The van der Waals surface area contributed by atoms with E-state index in [0.717, 1.165) is 0 Å². The standard InChI is InChI=1S/C2H6N4S.Zn/c3-1(4)6-2(5)7;/h(H6,3,4,5,6,7);/q;+1/p-1. The summed E-state index contributed by atoms with van der Waals surface area (Å²) in [5, 5.41) is 6.96. The van der Waals surface area contributed by atoms with Gasteiger partial charge in [-0.25, -0.2) is 0 Å². The van der Waals surface area contributed by atoms with Crippen LogP contribution in [0.25, 0.3) is 0 Å². The molecule has 4 nitrogen and oxygen atoms in total. The number of thiocarbonyl (C=S) groups is 1. The van der Waals surface area contributed by atoms with Crippen LogP contribution < -0.4 is 11.5 Å². The Morgan fingerprint density at radius 2 is 2.00 bits per heavy atom. The molecule has 0 saturated carbocycles. The van der Waals surface area contributed by atoms with Gasteiger partial charge in [-0.2, -0.15) is 0 Å². The maximum absolute atomic E-state index is 6.80. The van der Waals surface area contributed by atoms with Crippen LogP contribution >= 0.6 is 12.2 Å². The molecule has 0 aromatic rings. The summed E-state index contributed by atoms with van der Waals surface area (Å²) in [5.74, 6) is -0.0856. The van der Waals surface area contributed by atoms with Gasteiger partial charge in [-0.3, -0.25) is 0 Å². The Balaban J connectivity index is 3.83. The molecule has 6 heteroatoms. The van der Waals surface area contributed by atoms with Gasteiger partial charge in [0.25, 0.3) is 0 Å². The number of nitrogens with two attached hydrogens (primary N) is 2. The topological polar surface area (TPSA) is 79.1 Å². The van der Waals surface area contributed by atoms with Crippen molar-refractivity contribution in [3.8, 4) is 0 Å². The number of nitrogens with zero attached hydrogens (tertiary/aromatic N) is 1. The van der Waals surface area contributed by atoms with Gasteiger partial charge in [0.1, 0.15) is 0 Å². The molecule has 0 radical (unpaired) electrons. The van der Waals surface area contributed by atoms with Crippen molar-refractivity contribution in [1.29, 1.82) is 5.41 Å². The average Bonchev–Trinajstić information content (AvgIpc) is 1.64. The van der Waals surface area contributed by atoms with Crippen molar-refractivity contribution in [2.24, 2.45) is 11.5 Å². The summed E-state index contributed by atoms with van der Waals surface area (Å²) in [6, 6.07) is 0. The molecule has 0 aliphatic heterocycles. The minimum absolute atomic E-state index is 0.0856. The van der Waals surface area contributed by atoms with E-state index in [1.54, 1.807) is 0 Å². The van der Waals surface area contributed by atoms with E-state index >= 15 is 0 Å². The third-order valence-electron chi connectivity index (χ3n) is 0.557. The van der Waals surface area contributed by atoms with Gasteiger partial charge in [0.2, 0.25) is 0 Å². The molecule has 0 unspecified atom stereocenters. The first-order chi connectivity index (χ1) is 3.55. The summed E-state index contributed by atoms with van der Waals surface area (Å²) in [6.45, 7) is 0. The van der Waals surface area contributed by atoms with Crippen molar-refractivity contribution in [3.63, 3.8) is 0 Å². The van der Waals surface area contributed by atoms with Crippen LogP contribution in [0.1, 0.15) is 0 Å². The normalized spacial score (nSPS) is 8.25. The Morgan fingerprint density at radius 1 is 1.62 bits per heavy atom. The molecule has 0 aliphatic carbocycles. The Labute approximate surface area is 62.6 Å². The SMILES string of the molecule is N=C(N)[N]([Zn])C(N)=S. The average molecular weight is 183 g/mol. The molecule has 0 aromatic heterocycles. The van der Waals surface area contributed by atoms with Crippen LogP contribution in [0, 0.1) is 5.41 Å². The molecule has 0 saturated heterocycles. The van der Waals surface area contributed by atoms with Crippen molar-refractivity contribution in [3.05, 3.63) is 0 Å². The minimum atomic E-state index is -0.0856. The van der Waals surface area contributed by atoms with Gasteiger partial charge in [0.05, 0.1) is 0 Å². The number of hydrogen-bond acceptors (Lipinski definition) is 2. The third kappa shape index (κ3) is 2.18. The molecule has 0 bridgehead atoms. The van der Waals surface area contributed by atoms with Gasteiger partial charge in [-0.05, 0) is 0 Å². The molecular formula is C2H5N4SZn. The van der Waals surface area contributed by atoms with Crippen molar-refractivity contribution in [2.75, 3.05) is 0 Å². The fourth-order valence-electron chi connectivity index (χ4n) is 0.119. The van der Waals surface area contributed by atoms with E-state index in [0.29, 0.717) is 18.5 Å². The number of rotatable bonds is 0. The number of guanidine groups is 1. The van der Waals surface area contributed by atoms with E-state index in [1.807, 2.05) is 0 Å². The van der Waals surface area contributed by atoms with E-state index in [-0.39, 0.29) is 11.1 Å². The third-order valence-corrected chi connectivity index (χ3v) is 2.69. The van der Waals surface area contributed by atoms with Crippen LogP contribution in [-0.2, 0) is 18.5 Å². The Kier molecular flexibility index (Phi) is 2.86. The van der Waals surface area contributed by atoms with Gasteiger partial charge < -0.3 is 0 Å². The quantitative estimate of drug-likeness (QED) is 0.192. The summed E-state index contributed by atoms with van der Waals surface area (Å²) in [5.41, 5.74) is 10.1. The van der Waals surface area contributed by atoms with Crippen LogP contribution in [0.4, 0.5) is 0 Å². The van der Waals surface area contributed by atoms with Crippen LogP contribution in [-0.4, -0.2) is 14.7 Å². The molecular weight excluding hydrogens is 178 g/mol. The first kappa shape index (κ1) is 7.78. The van der Waals surface area contributed by atoms with Gasteiger partial charge in [-0.15, -0.1) is 0 Å². The molecule has 5 N–H and O–H groups in total. The first-order valence-corrected chi connectivity index (χ1v) is 3.53. The summed E-state index contributed by atoms with van der Waals surface area (Å²) in [6.07, 6.45) is 0. The van der Waals surface area contributed by atoms with Crippen LogP contribution in [0.5, 0.6) is 0 Å². The van der Waals surface area contributed by atoms with Crippen LogP contribution in [0.3, 0.4) is 0 Å². The zero-order valence-corrected chi connectivity index (χ0v) is 8.00. The van der Waals surface area contributed by atoms with E-state index < -0.39 is 0 Å². The summed E-state index contributed by atoms with van der Waals surface area (Å²) in [7, 11) is 0. The second-order valence-electron chi connectivity index (χ2n) is 1.15. The maximum atomic E-state index is 6.80. The predicted octanol–water partition coefficient (Wildman–Crippen LogP) is -1.11. The van der Waals surface area contributed by atoms with E-state index in [2.05, 4.69) is 12.2 Å². The number of nitrogens with one attached hydrogen (secondary N) is 1. The molecule has 0 spiro atoms. The molecule has 8 heavy (non-hydrogen) atoms. The zero-order chi connectivity index (χ0) is 6.73. The van der Waals surface area contributed by atoms with Crippen molar-refractivity contribution < 1.29 is 18.5 Å². The predicted molar refractivity (Wildman–Crippen MR) is 30.5 cm³/mol. The van der Waals surface area contributed by atoms with Crippen LogP contribution in [0.2, 0.25) is 0 Å². The second kappa shape index (κ2) is 2.94. The number of hydrogen-bond donors (Lipinski definition) is 3. The Hall–Kier alpha value is -0.217. The second-order valence-corrected chi connectivity index (χ2v) is 2.90. The fourth-order valence-corrected chi connectivity index (χ4v) is 0.217.